The van der Waals surface area contributed by atoms with Crippen LogP contribution in [-0.2, 0) is 16.6 Å². The summed E-state index contributed by atoms with van der Waals surface area (Å²) >= 11 is 0. The predicted molar refractivity (Wildman–Crippen MR) is 77.6 cm³/mol. The van der Waals surface area contributed by atoms with Crippen LogP contribution in [0.3, 0.4) is 0 Å². The smallest absolute Gasteiger partial charge is 0.214 e. The molecule has 1 aliphatic carbocycles. The topological polar surface area (TPSA) is 49.4 Å². The summed E-state index contributed by atoms with van der Waals surface area (Å²) in [6.45, 7) is 1.21. The first-order chi connectivity index (χ1) is 8.99. The third kappa shape index (κ3) is 4.30. The Morgan fingerprint density at radius 3 is 2.68 bits per heavy atom. The highest BCUT2D eigenvalue weighted by molar-refractivity contribution is 7.89. The second-order valence-corrected chi connectivity index (χ2v) is 7.60. The van der Waals surface area contributed by atoms with Crippen LogP contribution >= 0.6 is 0 Å². The van der Waals surface area contributed by atoms with Crippen molar-refractivity contribution in [1.82, 2.24) is 9.62 Å². The van der Waals surface area contributed by atoms with Gasteiger partial charge >= 0.3 is 0 Å². The Balaban J connectivity index is 1.78. The minimum atomic E-state index is -3.09. The molecule has 1 aromatic carbocycles. The average Bonchev–Trinajstić information content (AvgIpc) is 3.19. The molecule has 19 heavy (non-hydrogen) atoms. The van der Waals surface area contributed by atoms with Crippen LogP contribution in [-0.4, -0.2) is 39.1 Å². The van der Waals surface area contributed by atoms with E-state index in [4.69, 9.17) is 0 Å². The van der Waals surface area contributed by atoms with Gasteiger partial charge in [0, 0.05) is 27.2 Å². The van der Waals surface area contributed by atoms with E-state index >= 15 is 0 Å². The monoisotopic (exact) mass is 282 g/mol. The quantitative estimate of drug-likeness (QED) is 0.772. The fourth-order valence-corrected chi connectivity index (χ4v) is 2.76. The van der Waals surface area contributed by atoms with Crippen LogP contribution in [0.25, 0.3) is 0 Å². The molecule has 0 aromatic heterocycles. The molecule has 0 radical (unpaired) electrons. The number of sulfonamides is 1. The van der Waals surface area contributed by atoms with E-state index in [0.717, 1.165) is 12.5 Å². The predicted octanol–water partition coefficient (Wildman–Crippen LogP) is 1.54. The van der Waals surface area contributed by atoms with E-state index in [2.05, 4.69) is 29.6 Å². The van der Waals surface area contributed by atoms with Crippen LogP contribution in [0, 0.1) is 0 Å². The number of nitrogens with one attached hydrogen (secondary N) is 1. The Morgan fingerprint density at radius 1 is 1.32 bits per heavy atom. The van der Waals surface area contributed by atoms with Gasteiger partial charge in [0.05, 0.1) is 5.75 Å². The summed E-state index contributed by atoms with van der Waals surface area (Å²) in [4.78, 5) is 0. The van der Waals surface area contributed by atoms with Crippen molar-refractivity contribution in [2.24, 2.45) is 0 Å². The summed E-state index contributed by atoms with van der Waals surface area (Å²) in [5.74, 6) is 0.900. The molecule has 0 saturated heterocycles. The zero-order valence-electron chi connectivity index (χ0n) is 11.6. The second kappa shape index (κ2) is 6.03. The van der Waals surface area contributed by atoms with E-state index in [1.807, 2.05) is 0 Å². The SMILES string of the molecule is CN(C)S(=O)(=O)CCNCc1cccc(C2CC2)c1. The van der Waals surface area contributed by atoms with Gasteiger partial charge in [-0.1, -0.05) is 24.3 Å². The fraction of sp³-hybridized carbons (Fsp3) is 0.571. The highest BCUT2D eigenvalue weighted by Gasteiger charge is 2.23. The normalized spacial score (nSPS) is 15.9. The Bertz CT molecular complexity index is 522. The van der Waals surface area contributed by atoms with Crippen LogP contribution in [0.4, 0.5) is 0 Å². The van der Waals surface area contributed by atoms with Crippen molar-refractivity contribution in [3.8, 4) is 0 Å². The summed E-state index contributed by atoms with van der Waals surface area (Å²) in [6.07, 6.45) is 2.61. The first-order valence-electron chi connectivity index (χ1n) is 6.69. The molecule has 1 N–H and O–H groups in total. The van der Waals surface area contributed by atoms with Crippen molar-refractivity contribution in [2.45, 2.75) is 25.3 Å². The summed E-state index contributed by atoms with van der Waals surface area (Å²) in [5, 5.41) is 3.19. The van der Waals surface area contributed by atoms with E-state index in [1.54, 1.807) is 14.1 Å². The van der Waals surface area contributed by atoms with Gasteiger partial charge in [-0.2, -0.15) is 0 Å². The standard InChI is InChI=1S/C14H22N2O2S/c1-16(2)19(17,18)9-8-15-11-12-4-3-5-14(10-12)13-6-7-13/h3-5,10,13,15H,6-9,11H2,1-2H3. The molecular weight excluding hydrogens is 260 g/mol. The minimum absolute atomic E-state index is 0.141. The highest BCUT2D eigenvalue weighted by atomic mass is 32.2. The van der Waals surface area contributed by atoms with Crippen molar-refractivity contribution in [3.63, 3.8) is 0 Å². The van der Waals surface area contributed by atoms with E-state index in [9.17, 15) is 8.42 Å². The van der Waals surface area contributed by atoms with Crippen LogP contribution in [0.1, 0.15) is 29.9 Å². The number of hydrogen-bond acceptors (Lipinski definition) is 3. The van der Waals surface area contributed by atoms with E-state index in [0.29, 0.717) is 6.54 Å². The molecule has 0 unspecified atom stereocenters. The Morgan fingerprint density at radius 2 is 2.05 bits per heavy atom. The number of rotatable bonds is 7. The number of hydrogen-bond donors (Lipinski definition) is 1. The maximum Gasteiger partial charge on any atom is 0.214 e. The van der Waals surface area contributed by atoms with Gasteiger partial charge in [0.15, 0.2) is 0 Å². The van der Waals surface area contributed by atoms with Crippen LogP contribution in [0.15, 0.2) is 24.3 Å². The summed E-state index contributed by atoms with van der Waals surface area (Å²) in [5.41, 5.74) is 2.65. The summed E-state index contributed by atoms with van der Waals surface area (Å²) in [7, 11) is 0.0345. The lowest BCUT2D eigenvalue weighted by atomic mass is 10.1. The zero-order valence-corrected chi connectivity index (χ0v) is 12.4. The van der Waals surface area contributed by atoms with Crippen LogP contribution in [0.2, 0.25) is 0 Å². The van der Waals surface area contributed by atoms with Crippen molar-refractivity contribution in [1.29, 1.82) is 0 Å². The third-order valence-corrected chi connectivity index (χ3v) is 5.25. The van der Waals surface area contributed by atoms with Gasteiger partial charge in [0.2, 0.25) is 10.0 Å². The minimum Gasteiger partial charge on any atom is -0.312 e. The largest absolute Gasteiger partial charge is 0.312 e. The summed E-state index contributed by atoms with van der Waals surface area (Å²) in [6, 6.07) is 8.57. The molecule has 2 rings (SSSR count). The van der Waals surface area contributed by atoms with Gasteiger partial charge in [0.25, 0.3) is 0 Å². The first kappa shape index (κ1) is 14.5. The third-order valence-electron chi connectivity index (χ3n) is 3.42. The van der Waals surface area contributed by atoms with Crippen LogP contribution in [0.5, 0.6) is 0 Å². The lowest BCUT2D eigenvalue weighted by Crippen LogP contribution is -2.31. The molecule has 0 spiro atoms. The van der Waals surface area contributed by atoms with Gasteiger partial charge in [0.1, 0.15) is 0 Å². The van der Waals surface area contributed by atoms with Gasteiger partial charge < -0.3 is 5.32 Å². The molecule has 1 fully saturated rings. The first-order valence-corrected chi connectivity index (χ1v) is 8.30. The molecule has 0 amide bonds. The average molecular weight is 282 g/mol. The highest BCUT2D eigenvalue weighted by Crippen LogP contribution is 2.40. The molecular formula is C14H22N2O2S. The Hall–Kier alpha value is -0.910. The van der Waals surface area contributed by atoms with Crippen LogP contribution < -0.4 is 5.32 Å². The Labute approximate surface area is 115 Å². The molecule has 1 saturated carbocycles. The number of nitrogens with zero attached hydrogens (tertiary/aromatic N) is 1. The molecule has 0 aliphatic heterocycles. The van der Waals surface area contributed by atoms with E-state index in [-0.39, 0.29) is 5.75 Å². The van der Waals surface area contributed by atoms with Crippen molar-refractivity contribution in [3.05, 3.63) is 35.4 Å². The maximum atomic E-state index is 11.6. The zero-order chi connectivity index (χ0) is 13.9. The lowest BCUT2D eigenvalue weighted by molar-refractivity contribution is 0.517. The summed E-state index contributed by atoms with van der Waals surface area (Å²) < 4.78 is 24.4. The second-order valence-electron chi connectivity index (χ2n) is 5.29. The fourth-order valence-electron chi connectivity index (χ4n) is 1.99. The van der Waals surface area contributed by atoms with Gasteiger partial charge in [-0.15, -0.1) is 0 Å². The number of benzene rings is 1. The molecule has 4 nitrogen and oxygen atoms in total. The molecule has 106 valence electrons. The molecule has 0 atom stereocenters. The van der Waals surface area contributed by atoms with Gasteiger partial charge in [-0.25, -0.2) is 12.7 Å². The van der Waals surface area contributed by atoms with Gasteiger partial charge in [-0.3, -0.25) is 0 Å². The molecule has 0 bridgehead atoms. The van der Waals surface area contributed by atoms with Crippen molar-refractivity contribution >= 4 is 10.0 Å². The van der Waals surface area contributed by atoms with Crippen molar-refractivity contribution in [2.75, 3.05) is 26.4 Å². The lowest BCUT2D eigenvalue weighted by Gasteiger charge is -2.11. The molecule has 5 heteroatoms. The molecule has 1 aromatic rings. The van der Waals surface area contributed by atoms with Crippen molar-refractivity contribution < 1.29 is 8.42 Å². The Kier molecular flexibility index (Phi) is 4.60. The molecule has 1 aliphatic rings. The molecule has 0 heterocycles. The van der Waals surface area contributed by atoms with E-state index in [1.165, 1.54) is 28.3 Å². The van der Waals surface area contributed by atoms with E-state index < -0.39 is 10.0 Å². The maximum absolute atomic E-state index is 11.6. The van der Waals surface area contributed by atoms with Gasteiger partial charge in [-0.05, 0) is 29.9 Å².